The molecule has 1 aliphatic rings. The van der Waals surface area contributed by atoms with E-state index in [4.69, 9.17) is 16.6 Å². The second-order valence-corrected chi connectivity index (χ2v) is 8.29. The van der Waals surface area contributed by atoms with Crippen molar-refractivity contribution in [2.24, 2.45) is 0 Å². The first-order valence-corrected chi connectivity index (χ1v) is 10.0. The van der Waals surface area contributed by atoms with Crippen LogP contribution in [0.25, 0.3) is 6.08 Å². The van der Waals surface area contributed by atoms with Gasteiger partial charge in [0.2, 0.25) is 0 Å². The molecule has 1 fully saturated rings. The van der Waals surface area contributed by atoms with Crippen LogP contribution in [-0.4, -0.2) is 10.2 Å². The summed E-state index contributed by atoms with van der Waals surface area (Å²) < 4.78 is 20.1. The summed E-state index contributed by atoms with van der Waals surface area (Å²) in [4.78, 5) is 15.4. The minimum atomic E-state index is -0.491. The van der Waals surface area contributed by atoms with Crippen LogP contribution in [0.4, 0.5) is 10.1 Å². The van der Waals surface area contributed by atoms with Crippen LogP contribution < -0.4 is 4.90 Å². The maximum Gasteiger partial charge on any atom is 0.270 e. The van der Waals surface area contributed by atoms with E-state index in [0.717, 1.165) is 21.7 Å². The smallest absolute Gasteiger partial charge is 0.270 e. The van der Waals surface area contributed by atoms with Crippen LogP contribution in [0.5, 0.6) is 0 Å². The van der Waals surface area contributed by atoms with E-state index in [1.165, 1.54) is 28.8 Å². The fourth-order valence-corrected chi connectivity index (χ4v) is 4.57. The summed E-state index contributed by atoms with van der Waals surface area (Å²) in [6, 6.07) is 19.6. The molecule has 1 amide bonds. The van der Waals surface area contributed by atoms with Gasteiger partial charge in [0.15, 0.2) is 9.41 Å². The van der Waals surface area contributed by atoms with Crippen molar-refractivity contribution in [3.8, 4) is 0 Å². The summed E-state index contributed by atoms with van der Waals surface area (Å²) in [5.41, 5.74) is 0.156. The largest absolute Gasteiger partial charge is 0.450 e. The van der Waals surface area contributed by atoms with E-state index in [1.54, 1.807) is 24.3 Å². The maximum absolute atomic E-state index is 14.0. The lowest BCUT2D eigenvalue weighted by Gasteiger charge is -2.14. The lowest BCUT2D eigenvalue weighted by Crippen LogP contribution is -2.28. The Morgan fingerprint density at radius 1 is 1.04 bits per heavy atom. The molecule has 1 saturated heterocycles. The van der Waals surface area contributed by atoms with Crippen molar-refractivity contribution in [3.63, 3.8) is 0 Å². The number of thiocarbonyl (C=S) groups is 1. The fraction of sp³-hybridized carbons (Fsp3) is 0. The molecule has 0 spiro atoms. The van der Waals surface area contributed by atoms with Gasteiger partial charge in [-0.1, -0.05) is 66.1 Å². The highest BCUT2D eigenvalue weighted by molar-refractivity contribution is 8.27. The summed E-state index contributed by atoms with van der Waals surface area (Å²) in [6.07, 6.45) is 1.63. The summed E-state index contributed by atoms with van der Waals surface area (Å²) in [5, 5.41) is 0.719. The molecule has 0 atom stereocenters. The van der Waals surface area contributed by atoms with E-state index in [1.807, 2.05) is 36.4 Å². The van der Waals surface area contributed by atoms with Crippen molar-refractivity contribution in [1.82, 2.24) is 0 Å². The van der Waals surface area contributed by atoms with Crippen molar-refractivity contribution < 1.29 is 13.6 Å². The standard InChI is InChI=1S/C20H12FNO2S3/c21-15-8-4-5-9-16(15)22-19(23)17(27-20(22)25)12-13-10-11-18(24-13)26-14-6-2-1-3-7-14/h1-12H. The predicted molar refractivity (Wildman–Crippen MR) is 111 cm³/mol. The molecule has 27 heavy (non-hydrogen) atoms. The van der Waals surface area contributed by atoms with Gasteiger partial charge in [-0.3, -0.25) is 9.69 Å². The number of para-hydroxylation sites is 1. The molecule has 7 heteroatoms. The van der Waals surface area contributed by atoms with E-state index in [9.17, 15) is 9.18 Å². The Hall–Kier alpha value is -2.35. The van der Waals surface area contributed by atoms with Crippen LogP contribution in [0.2, 0.25) is 0 Å². The van der Waals surface area contributed by atoms with Crippen LogP contribution in [0, 0.1) is 5.82 Å². The van der Waals surface area contributed by atoms with E-state index in [0.29, 0.717) is 15.0 Å². The molecule has 0 radical (unpaired) electrons. The fourth-order valence-electron chi connectivity index (χ4n) is 2.51. The number of amides is 1. The van der Waals surface area contributed by atoms with Gasteiger partial charge in [-0.2, -0.15) is 0 Å². The molecule has 134 valence electrons. The molecule has 0 saturated carbocycles. The molecule has 4 rings (SSSR count). The second-order valence-electron chi connectivity index (χ2n) is 5.54. The quantitative estimate of drug-likeness (QED) is 0.388. The Kier molecular flexibility index (Phi) is 5.15. The number of thioether (sulfide) groups is 1. The third-order valence-corrected chi connectivity index (χ3v) is 5.95. The van der Waals surface area contributed by atoms with Crippen LogP contribution >= 0.6 is 35.7 Å². The summed E-state index contributed by atoms with van der Waals surface area (Å²) in [7, 11) is 0. The van der Waals surface area contributed by atoms with Crippen molar-refractivity contribution >= 4 is 57.7 Å². The zero-order valence-electron chi connectivity index (χ0n) is 13.8. The van der Waals surface area contributed by atoms with Gasteiger partial charge in [-0.15, -0.1) is 0 Å². The number of halogens is 1. The summed E-state index contributed by atoms with van der Waals surface area (Å²) >= 11 is 7.89. The van der Waals surface area contributed by atoms with Crippen LogP contribution in [0.3, 0.4) is 0 Å². The van der Waals surface area contributed by atoms with E-state index < -0.39 is 5.82 Å². The minimum Gasteiger partial charge on any atom is -0.450 e. The van der Waals surface area contributed by atoms with Crippen LogP contribution in [0.15, 0.2) is 86.0 Å². The lowest BCUT2D eigenvalue weighted by molar-refractivity contribution is -0.113. The average Bonchev–Trinajstić information content (AvgIpc) is 3.21. The van der Waals surface area contributed by atoms with Crippen molar-refractivity contribution in [2.45, 2.75) is 9.99 Å². The number of benzene rings is 2. The van der Waals surface area contributed by atoms with Crippen molar-refractivity contribution in [3.05, 3.63) is 83.2 Å². The Morgan fingerprint density at radius 3 is 2.56 bits per heavy atom. The van der Waals surface area contributed by atoms with Gasteiger partial charge in [0.1, 0.15) is 11.6 Å². The zero-order valence-corrected chi connectivity index (χ0v) is 16.2. The Labute approximate surface area is 169 Å². The zero-order chi connectivity index (χ0) is 18.8. The lowest BCUT2D eigenvalue weighted by atomic mass is 10.2. The van der Waals surface area contributed by atoms with E-state index in [-0.39, 0.29) is 11.6 Å². The Morgan fingerprint density at radius 2 is 1.78 bits per heavy atom. The van der Waals surface area contributed by atoms with E-state index >= 15 is 0 Å². The number of carbonyl (C=O) groups excluding carboxylic acids is 1. The molecule has 1 aliphatic heterocycles. The number of furan rings is 1. The van der Waals surface area contributed by atoms with Gasteiger partial charge in [-0.25, -0.2) is 4.39 Å². The number of hydrogen-bond donors (Lipinski definition) is 0. The second kappa shape index (κ2) is 7.72. The normalized spacial score (nSPS) is 15.7. The predicted octanol–water partition coefficient (Wildman–Crippen LogP) is 5.98. The number of nitrogens with zero attached hydrogens (tertiary/aromatic N) is 1. The molecule has 0 aliphatic carbocycles. The highest BCUT2D eigenvalue weighted by atomic mass is 32.2. The van der Waals surface area contributed by atoms with Gasteiger partial charge in [0.25, 0.3) is 5.91 Å². The van der Waals surface area contributed by atoms with Gasteiger partial charge in [0, 0.05) is 11.0 Å². The third-order valence-electron chi connectivity index (χ3n) is 3.72. The first-order valence-electron chi connectivity index (χ1n) is 7.97. The number of carbonyl (C=O) groups is 1. The molecule has 2 heterocycles. The molecule has 0 bridgehead atoms. The van der Waals surface area contributed by atoms with Gasteiger partial charge < -0.3 is 4.42 Å². The monoisotopic (exact) mass is 413 g/mol. The molecule has 0 unspecified atom stereocenters. The van der Waals surface area contributed by atoms with Crippen molar-refractivity contribution in [2.75, 3.05) is 4.90 Å². The van der Waals surface area contributed by atoms with Crippen LogP contribution in [-0.2, 0) is 4.79 Å². The minimum absolute atomic E-state index is 0.156. The van der Waals surface area contributed by atoms with E-state index in [2.05, 4.69) is 0 Å². The third kappa shape index (κ3) is 3.85. The average molecular weight is 414 g/mol. The molecule has 1 aromatic heterocycles. The molecule has 3 aromatic rings. The summed E-state index contributed by atoms with van der Waals surface area (Å²) in [5.74, 6) is -0.305. The van der Waals surface area contributed by atoms with Gasteiger partial charge in [-0.05, 0) is 36.4 Å². The SMILES string of the molecule is O=C1C(=Cc2ccc(Sc3ccccc3)o2)SC(=S)N1c1ccccc1F. The first-order chi connectivity index (χ1) is 13.1. The summed E-state index contributed by atoms with van der Waals surface area (Å²) in [6.45, 7) is 0. The Bertz CT molecular complexity index is 1050. The molecular formula is C20H12FNO2S3. The highest BCUT2D eigenvalue weighted by Crippen LogP contribution is 2.37. The van der Waals surface area contributed by atoms with Crippen LogP contribution in [0.1, 0.15) is 5.76 Å². The molecular weight excluding hydrogens is 401 g/mol. The number of rotatable bonds is 4. The maximum atomic E-state index is 14.0. The Balaban J connectivity index is 1.56. The number of anilines is 1. The van der Waals surface area contributed by atoms with Crippen molar-refractivity contribution in [1.29, 1.82) is 0 Å². The number of hydrogen-bond acceptors (Lipinski definition) is 5. The molecule has 3 nitrogen and oxygen atoms in total. The van der Waals surface area contributed by atoms with Gasteiger partial charge in [0.05, 0.1) is 10.6 Å². The van der Waals surface area contributed by atoms with Gasteiger partial charge >= 0.3 is 0 Å². The molecule has 2 aromatic carbocycles. The molecule has 0 N–H and O–H groups in total. The highest BCUT2D eigenvalue weighted by Gasteiger charge is 2.34. The first kappa shape index (κ1) is 18.0. The topological polar surface area (TPSA) is 33.5 Å².